The lowest BCUT2D eigenvalue weighted by Gasteiger charge is -1.93. The topological polar surface area (TPSA) is 17.8 Å². The zero-order chi connectivity index (χ0) is 8.72. The summed E-state index contributed by atoms with van der Waals surface area (Å²) in [5.74, 6) is -0.256. The number of fused-ring (bicyclic) bond motifs is 1. The monoisotopic (exact) mass is 228 g/mol. The highest BCUT2D eigenvalue weighted by molar-refractivity contribution is 9.10. The average Bonchev–Trinajstić information content (AvgIpc) is 2.28. The minimum atomic E-state index is -0.256. The van der Waals surface area contributed by atoms with Crippen molar-refractivity contribution in [3.8, 4) is 0 Å². The first kappa shape index (κ1) is 7.73. The van der Waals surface area contributed by atoms with E-state index in [2.05, 4.69) is 20.9 Å². The van der Waals surface area contributed by atoms with Crippen molar-refractivity contribution in [1.82, 2.24) is 9.55 Å². The lowest BCUT2D eigenvalue weighted by molar-refractivity contribution is 0.629. The van der Waals surface area contributed by atoms with E-state index in [1.807, 2.05) is 11.6 Å². The van der Waals surface area contributed by atoms with Crippen LogP contribution in [0.2, 0.25) is 0 Å². The van der Waals surface area contributed by atoms with E-state index in [9.17, 15) is 4.39 Å². The molecule has 1 heterocycles. The van der Waals surface area contributed by atoms with Crippen molar-refractivity contribution < 1.29 is 4.39 Å². The molecule has 4 heteroatoms. The van der Waals surface area contributed by atoms with Crippen LogP contribution in [-0.4, -0.2) is 9.55 Å². The van der Waals surface area contributed by atoms with Crippen LogP contribution in [0.3, 0.4) is 0 Å². The Hall–Kier alpha value is -0.900. The van der Waals surface area contributed by atoms with E-state index >= 15 is 0 Å². The molecule has 62 valence electrons. The van der Waals surface area contributed by atoms with Crippen LogP contribution in [-0.2, 0) is 7.05 Å². The number of rotatable bonds is 0. The molecule has 0 atom stereocenters. The van der Waals surface area contributed by atoms with Crippen LogP contribution < -0.4 is 0 Å². The van der Waals surface area contributed by atoms with Crippen LogP contribution in [0.4, 0.5) is 4.39 Å². The van der Waals surface area contributed by atoms with Crippen molar-refractivity contribution in [1.29, 1.82) is 0 Å². The molecular formula is C8H6BrFN2. The van der Waals surface area contributed by atoms with Gasteiger partial charge >= 0.3 is 0 Å². The summed E-state index contributed by atoms with van der Waals surface area (Å²) in [6, 6.07) is 4.55. The third kappa shape index (κ3) is 1.03. The first-order valence-corrected chi connectivity index (χ1v) is 4.25. The van der Waals surface area contributed by atoms with E-state index < -0.39 is 0 Å². The molecule has 2 nitrogen and oxygen atoms in total. The van der Waals surface area contributed by atoms with E-state index in [-0.39, 0.29) is 5.82 Å². The number of halogens is 2. The molecule has 0 saturated carbocycles. The number of imidazole rings is 1. The third-order valence-electron chi connectivity index (χ3n) is 1.79. The zero-order valence-corrected chi connectivity index (χ0v) is 7.97. The van der Waals surface area contributed by atoms with Crippen molar-refractivity contribution in [3.05, 3.63) is 28.7 Å². The summed E-state index contributed by atoms with van der Waals surface area (Å²) in [5, 5.41) is 0. The Bertz CT molecular complexity index is 436. The Morgan fingerprint density at radius 3 is 3.00 bits per heavy atom. The Labute approximate surface area is 77.1 Å². The van der Waals surface area contributed by atoms with Gasteiger partial charge in [0, 0.05) is 13.1 Å². The fourth-order valence-corrected chi connectivity index (χ4v) is 1.53. The fourth-order valence-electron chi connectivity index (χ4n) is 1.14. The van der Waals surface area contributed by atoms with Gasteiger partial charge in [-0.15, -0.1) is 0 Å². The Morgan fingerprint density at radius 1 is 1.50 bits per heavy atom. The predicted octanol–water partition coefficient (Wildman–Crippen LogP) is 2.47. The summed E-state index contributed by atoms with van der Waals surface area (Å²) >= 11 is 3.26. The van der Waals surface area contributed by atoms with Gasteiger partial charge in [-0.3, -0.25) is 0 Å². The number of benzene rings is 1. The lowest BCUT2D eigenvalue weighted by Crippen LogP contribution is -1.86. The molecule has 0 aliphatic heterocycles. The Kier molecular flexibility index (Phi) is 1.65. The summed E-state index contributed by atoms with van der Waals surface area (Å²) in [6.45, 7) is 0. The summed E-state index contributed by atoms with van der Waals surface area (Å²) in [6.07, 6.45) is 0. The second kappa shape index (κ2) is 2.55. The zero-order valence-electron chi connectivity index (χ0n) is 6.38. The Balaban J connectivity index is 2.87. The van der Waals surface area contributed by atoms with Gasteiger partial charge in [-0.1, -0.05) is 0 Å². The first-order chi connectivity index (χ1) is 5.68. The quantitative estimate of drug-likeness (QED) is 0.678. The maximum Gasteiger partial charge on any atom is 0.177 e. The molecule has 2 rings (SSSR count). The minimum Gasteiger partial charge on any atom is -0.322 e. The van der Waals surface area contributed by atoms with Gasteiger partial charge in [0.25, 0.3) is 0 Å². The highest BCUT2D eigenvalue weighted by Crippen LogP contribution is 2.18. The number of hydrogen-bond donors (Lipinski definition) is 0. The molecule has 12 heavy (non-hydrogen) atoms. The highest BCUT2D eigenvalue weighted by atomic mass is 79.9. The molecule has 0 aliphatic carbocycles. The predicted molar refractivity (Wildman–Crippen MR) is 48.4 cm³/mol. The van der Waals surface area contributed by atoms with Crippen LogP contribution in [0, 0.1) is 5.82 Å². The molecular weight excluding hydrogens is 223 g/mol. The molecule has 1 aromatic carbocycles. The standard InChI is InChI=1S/C8H6BrFN2/c1-12-7-3-2-5(10)4-6(7)11-8(12)9/h2-4H,1H3. The van der Waals surface area contributed by atoms with Crippen molar-refractivity contribution in [2.45, 2.75) is 0 Å². The van der Waals surface area contributed by atoms with E-state index in [1.54, 1.807) is 6.07 Å². The van der Waals surface area contributed by atoms with Crippen LogP contribution in [0.15, 0.2) is 22.9 Å². The van der Waals surface area contributed by atoms with Crippen LogP contribution in [0.1, 0.15) is 0 Å². The van der Waals surface area contributed by atoms with Crippen LogP contribution in [0.25, 0.3) is 11.0 Å². The molecule has 0 N–H and O–H groups in total. The van der Waals surface area contributed by atoms with E-state index in [1.165, 1.54) is 12.1 Å². The van der Waals surface area contributed by atoms with Crippen molar-refractivity contribution in [2.24, 2.45) is 7.05 Å². The largest absolute Gasteiger partial charge is 0.322 e. The second-order valence-corrected chi connectivity index (χ2v) is 3.28. The molecule has 0 bridgehead atoms. The van der Waals surface area contributed by atoms with Gasteiger partial charge < -0.3 is 4.57 Å². The fraction of sp³-hybridized carbons (Fsp3) is 0.125. The van der Waals surface area contributed by atoms with Gasteiger partial charge in [-0.2, -0.15) is 0 Å². The van der Waals surface area contributed by atoms with Gasteiger partial charge in [0.1, 0.15) is 5.82 Å². The Morgan fingerprint density at radius 2 is 2.25 bits per heavy atom. The molecule has 2 aromatic rings. The second-order valence-electron chi connectivity index (χ2n) is 2.57. The molecule has 0 radical (unpaired) electrons. The van der Waals surface area contributed by atoms with Gasteiger partial charge in [0.05, 0.1) is 11.0 Å². The molecule has 0 fully saturated rings. The normalized spacial score (nSPS) is 10.9. The number of aromatic nitrogens is 2. The molecule has 0 unspecified atom stereocenters. The average molecular weight is 229 g/mol. The molecule has 1 aromatic heterocycles. The SMILES string of the molecule is Cn1c(Br)nc2cc(F)ccc21. The number of hydrogen-bond acceptors (Lipinski definition) is 1. The summed E-state index contributed by atoms with van der Waals surface area (Å²) in [7, 11) is 1.87. The third-order valence-corrected chi connectivity index (χ3v) is 2.50. The van der Waals surface area contributed by atoms with Crippen LogP contribution in [0.5, 0.6) is 0 Å². The van der Waals surface area contributed by atoms with Crippen molar-refractivity contribution in [2.75, 3.05) is 0 Å². The first-order valence-electron chi connectivity index (χ1n) is 3.46. The van der Waals surface area contributed by atoms with Gasteiger partial charge in [-0.05, 0) is 28.1 Å². The van der Waals surface area contributed by atoms with Crippen molar-refractivity contribution in [3.63, 3.8) is 0 Å². The number of aryl methyl sites for hydroxylation is 1. The van der Waals surface area contributed by atoms with E-state index in [4.69, 9.17) is 0 Å². The van der Waals surface area contributed by atoms with E-state index in [0.29, 0.717) is 10.3 Å². The summed E-state index contributed by atoms with van der Waals surface area (Å²) in [5.41, 5.74) is 1.59. The maximum absolute atomic E-state index is 12.7. The van der Waals surface area contributed by atoms with Gasteiger partial charge in [-0.25, -0.2) is 9.37 Å². The minimum absolute atomic E-state index is 0.256. The molecule has 0 aliphatic rings. The van der Waals surface area contributed by atoms with Gasteiger partial charge in [0.15, 0.2) is 4.73 Å². The molecule has 0 saturated heterocycles. The van der Waals surface area contributed by atoms with Crippen molar-refractivity contribution >= 4 is 27.0 Å². The smallest absolute Gasteiger partial charge is 0.177 e. The van der Waals surface area contributed by atoms with E-state index in [0.717, 1.165) is 5.52 Å². The summed E-state index contributed by atoms with van der Waals surface area (Å²) in [4.78, 5) is 4.11. The highest BCUT2D eigenvalue weighted by Gasteiger charge is 2.04. The maximum atomic E-state index is 12.7. The lowest BCUT2D eigenvalue weighted by atomic mass is 10.3. The number of nitrogens with zero attached hydrogens (tertiary/aromatic N) is 2. The molecule has 0 spiro atoms. The molecule has 0 amide bonds. The van der Waals surface area contributed by atoms with Crippen LogP contribution >= 0.6 is 15.9 Å². The van der Waals surface area contributed by atoms with Gasteiger partial charge in [0.2, 0.25) is 0 Å². The summed E-state index contributed by atoms with van der Waals surface area (Å²) < 4.78 is 15.3.